The predicted molar refractivity (Wildman–Crippen MR) is 376 cm³/mol. The minimum absolute atomic E-state index is 0.0329. The molecule has 7 amide bonds. The van der Waals surface area contributed by atoms with Gasteiger partial charge in [-0.25, -0.2) is 24.0 Å². The number of primary amides is 1. The highest BCUT2D eigenvalue weighted by Gasteiger charge is 2.79. The number of ketones is 2. The van der Waals surface area contributed by atoms with Crippen LogP contribution in [0.2, 0.25) is 0 Å². The highest BCUT2D eigenvalue weighted by Crippen LogP contribution is 2.65. The molecule has 0 unspecified atom stereocenters. The molecule has 1 saturated heterocycles. The number of fused-ring (bicyclic) bond motifs is 5. The number of nitrogens with zero attached hydrogens (tertiary/aromatic N) is 2. The van der Waals surface area contributed by atoms with Crippen molar-refractivity contribution in [3.05, 3.63) is 149 Å². The van der Waals surface area contributed by atoms with Gasteiger partial charge in [0.05, 0.1) is 36.0 Å². The third kappa shape index (κ3) is 18.4. The summed E-state index contributed by atoms with van der Waals surface area (Å²) < 4.78 is 43.4. The monoisotopic (exact) mass is 1470 g/mol. The lowest BCUT2D eigenvalue weighted by Crippen LogP contribution is -2.82. The van der Waals surface area contributed by atoms with Crippen molar-refractivity contribution < 1.29 is 111 Å². The summed E-state index contributed by atoms with van der Waals surface area (Å²) in [7, 11) is 2.74. The zero-order valence-corrected chi connectivity index (χ0v) is 60.8. The van der Waals surface area contributed by atoms with Crippen LogP contribution in [0.3, 0.4) is 0 Å². The molecule has 9 N–H and O–H groups in total. The van der Waals surface area contributed by atoms with Crippen molar-refractivity contribution in [3.8, 4) is 0 Å². The minimum atomic E-state index is -2.59. The van der Waals surface area contributed by atoms with Crippen molar-refractivity contribution in [2.75, 3.05) is 45.7 Å². The maximum Gasteiger partial charge on any atom is 0.409 e. The molecule has 3 aliphatic carbocycles. The van der Waals surface area contributed by atoms with Gasteiger partial charge in [-0.15, -0.1) is 0 Å². The first-order chi connectivity index (χ1) is 50.0. The first-order valence-electron chi connectivity index (χ1n) is 34.8. The number of anilines is 1. The number of benzene rings is 4. The van der Waals surface area contributed by atoms with Crippen molar-refractivity contribution in [3.63, 3.8) is 0 Å². The molecule has 3 fully saturated rings. The van der Waals surface area contributed by atoms with Crippen molar-refractivity contribution in [1.82, 2.24) is 25.8 Å². The van der Waals surface area contributed by atoms with Gasteiger partial charge in [0.1, 0.15) is 48.4 Å². The normalized spacial score (nSPS) is 23.7. The largest absolute Gasteiger partial charge is 0.481 e. The lowest BCUT2D eigenvalue weighted by molar-refractivity contribution is -0.345. The molecule has 30 heteroatoms. The second-order valence-electron chi connectivity index (χ2n) is 28.3. The lowest BCUT2D eigenvalue weighted by Gasteiger charge is -2.67. The van der Waals surface area contributed by atoms with Gasteiger partial charge in [-0.2, -0.15) is 0 Å². The molecule has 0 aromatic heterocycles. The Morgan fingerprint density at radius 1 is 0.736 bits per heavy atom. The number of rotatable bonds is 30. The van der Waals surface area contributed by atoms with E-state index in [1.165, 1.54) is 78.2 Å². The second kappa shape index (κ2) is 34.6. The van der Waals surface area contributed by atoms with Crippen LogP contribution in [0.25, 0.3) is 0 Å². The van der Waals surface area contributed by atoms with E-state index >= 15 is 4.79 Å². The number of Topliss-reactive ketones (excluding diaryl/α,β-unsaturated/α-hetero) is 2. The number of carbonyl (C=O) groups excluding carboxylic acids is 12. The molecule has 13 atom stereocenters. The van der Waals surface area contributed by atoms with Gasteiger partial charge in [-0.05, 0) is 91.3 Å². The minimum Gasteiger partial charge on any atom is -0.481 e. The zero-order valence-electron chi connectivity index (χ0n) is 60.8. The van der Waals surface area contributed by atoms with Crippen LogP contribution in [0.5, 0.6) is 0 Å². The van der Waals surface area contributed by atoms with E-state index in [1.807, 2.05) is 0 Å². The lowest BCUT2D eigenvalue weighted by atomic mass is 9.44. The highest BCUT2D eigenvalue weighted by molar-refractivity contribution is 5.99. The molecule has 2 saturated carbocycles. The Bertz CT molecular complexity index is 3970. The molecule has 4 aromatic rings. The van der Waals surface area contributed by atoms with E-state index in [0.29, 0.717) is 11.1 Å². The molecular weight excluding hydrogens is 1380 g/mol. The average Bonchev–Trinajstić information content (AvgIpc) is 0.667. The van der Waals surface area contributed by atoms with E-state index in [9.17, 15) is 67.7 Å². The van der Waals surface area contributed by atoms with Crippen LogP contribution in [-0.2, 0) is 78.1 Å². The average molecular weight is 1470 g/mol. The van der Waals surface area contributed by atoms with E-state index in [4.69, 9.17) is 44.0 Å². The number of aliphatic hydroxyl groups excluding tert-OH is 1. The van der Waals surface area contributed by atoms with Crippen LogP contribution in [0, 0.1) is 28.6 Å². The van der Waals surface area contributed by atoms with E-state index < -0.39 is 179 Å². The molecule has 30 nitrogen and oxygen atoms in total. The van der Waals surface area contributed by atoms with E-state index in [1.54, 1.807) is 92.7 Å². The highest BCUT2D eigenvalue weighted by atomic mass is 16.6. The number of urea groups is 1. The van der Waals surface area contributed by atoms with Gasteiger partial charge < -0.3 is 85.3 Å². The topological polar surface area (TPSA) is 428 Å². The summed E-state index contributed by atoms with van der Waals surface area (Å²) in [5.74, 6) is -11.8. The van der Waals surface area contributed by atoms with Gasteiger partial charge in [0.2, 0.25) is 11.8 Å². The summed E-state index contributed by atoms with van der Waals surface area (Å²) in [5.41, 5.74) is -2.39. The first kappa shape index (κ1) is 81.1. The molecular formula is C76H93N7O23. The number of ether oxygens (including phenoxy) is 7. The Balaban J connectivity index is 1.03. The fourth-order valence-corrected chi connectivity index (χ4v) is 14.5. The van der Waals surface area contributed by atoms with Crippen LogP contribution < -0.4 is 27.0 Å². The van der Waals surface area contributed by atoms with Crippen molar-refractivity contribution in [2.24, 2.45) is 34.3 Å². The van der Waals surface area contributed by atoms with Gasteiger partial charge in [0, 0.05) is 95.8 Å². The number of nitrogens with two attached hydrogens (primary N) is 1. The Labute approximate surface area is 612 Å². The number of hydrogen-bond acceptors (Lipinski definition) is 22. The van der Waals surface area contributed by atoms with Crippen LogP contribution in [0.1, 0.15) is 138 Å². The number of aliphatic carboxylic acids is 1. The Morgan fingerprint density at radius 3 is 1.91 bits per heavy atom. The second-order valence-corrected chi connectivity index (χ2v) is 28.3. The number of aliphatic hydroxyl groups is 2. The maximum atomic E-state index is 16.6. The third-order valence-electron chi connectivity index (χ3n) is 20.5. The standard InChI is InChI=1S/C76H93N7O23/c1-42(2)52(37-51(86)32-33-57(87)88)66(92)80-53(27-20-34-78-70(77)96)67(93)79-50-30-28-46(29-31-50)40-100-71(97)82(9)35-36-83(10)72(98)104-55-38-56-75(41-101-56,106-45(5)85)62-64(105-68(94)49-25-18-13-19-26-49)76(99)39-54(43(3)58(73(76,6)7)61(102-44(4)84)63(90)74(55,62)8)103-69(95)60(89)59(47-21-14-11-15-22-47)81-65(91)48-23-16-12-17-24-48/h11-19,21-26,28-31,42,52-56,59-62,64,89,99H,20,27,32-41H2,1-10H3,(H,79,93)(H,80,92)(H,81,91)(H,87,88)(H3,77,78,96)/t52-,53-,54-,55-,56+,59-,60+,61+,62-,64-,74+,75-,76+/m0/s1. The summed E-state index contributed by atoms with van der Waals surface area (Å²) in [6.45, 7) is 10.3. The van der Waals surface area contributed by atoms with Crippen LogP contribution in [0.4, 0.5) is 20.1 Å². The van der Waals surface area contributed by atoms with E-state index in [-0.39, 0.29) is 92.2 Å². The number of carbonyl (C=O) groups is 13. The molecule has 0 spiro atoms. The van der Waals surface area contributed by atoms with Gasteiger partial charge in [0.25, 0.3) is 5.91 Å². The first-order valence-corrected chi connectivity index (χ1v) is 34.8. The third-order valence-corrected chi connectivity index (χ3v) is 20.5. The summed E-state index contributed by atoms with van der Waals surface area (Å²) in [4.78, 5) is 180. The molecule has 2 bridgehead atoms. The summed E-state index contributed by atoms with van der Waals surface area (Å²) in [6, 6.07) is 26.5. The number of amides is 7. The fourth-order valence-electron chi connectivity index (χ4n) is 14.5. The van der Waals surface area contributed by atoms with Gasteiger partial charge in [-0.3, -0.25) is 38.4 Å². The summed E-state index contributed by atoms with van der Waals surface area (Å²) >= 11 is 0. The van der Waals surface area contributed by atoms with Crippen LogP contribution >= 0.6 is 0 Å². The Hall–Kier alpha value is -10.6. The molecule has 570 valence electrons. The Morgan fingerprint density at radius 2 is 1.34 bits per heavy atom. The van der Waals surface area contributed by atoms with Crippen molar-refractivity contribution >= 4 is 83.0 Å². The molecule has 106 heavy (non-hydrogen) atoms. The van der Waals surface area contributed by atoms with Crippen molar-refractivity contribution in [1.29, 1.82) is 0 Å². The number of nitrogens with one attached hydrogen (secondary N) is 4. The summed E-state index contributed by atoms with van der Waals surface area (Å²) in [5, 5.41) is 46.0. The molecule has 4 aliphatic rings. The molecule has 0 radical (unpaired) electrons. The quantitative estimate of drug-likeness (QED) is 0.0127. The number of carboxylic acids is 1. The fraction of sp³-hybridized carbons (Fsp3) is 0.487. The summed E-state index contributed by atoms with van der Waals surface area (Å²) in [6.07, 6.45) is -14.4. The molecule has 1 heterocycles. The number of carboxylic acid groups (broad SMARTS) is 1. The zero-order chi connectivity index (χ0) is 77.8. The number of likely N-dealkylation sites (N-methyl/N-ethyl adjacent to an activating group) is 2. The van der Waals surface area contributed by atoms with Crippen LogP contribution in [-0.4, -0.2) is 197 Å². The van der Waals surface area contributed by atoms with E-state index in [2.05, 4.69) is 21.3 Å². The predicted octanol–water partition coefficient (Wildman–Crippen LogP) is 6.05. The van der Waals surface area contributed by atoms with Crippen LogP contribution in [0.15, 0.2) is 126 Å². The van der Waals surface area contributed by atoms with Crippen molar-refractivity contribution in [2.45, 2.75) is 167 Å². The number of hydrogen-bond donors (Lipinski definition) is 8. The molecule has 4 aromatic carbocycles. The SMILES string of the molecule is CC(=O)O[C@H]1C(=O)[C@]2(C)[C@@H](OC(=O)N(C)CCN(C)C(=O)OCc3ccc(NC(=O)[C@H](CCCNC(N)=O)NC(=O)[C@@H](CC(=O)CCC(=O)O)C(C)C)cc3)C[C@H]3OC[C@@]3(OC(C)=O)[C@H]2[C@H](OC(=O)c2ccccc2)[C@]2(O)C[C@H](OC(=O)[C@H](O)[C@@H](NC(=O)c3ccccc3)c3ccccc3)C(C)=C1C2(C)C. The number of esters is 4. The molecule has 1 aliphatic heterocycles. The van der Waals surface area contributed by atoms with Gasteiger partial charge >= 0.3 is 48.1 Å². The maximum absolute atomic E-state index is 16.6. The van der Waals surface area contributed by atoms with E-state index in [0.717, 1.165) is 23.6 Å². The van der Waals surface area contributed by atoms with Gasteiger partial charge in [0.15, 0.2) is 23.6 Å². The molecule has 8 rings (SSSR count). The Kier molecular flexibility index (Phi) is 26.4. The van der Waals surface area contributed by atoms with Gasteiger partial charge in [-0.1, -0.05) is 107 Å². The smallest absolute Gasteiger partial charge is 0.409 e.